The Bertz CT molecular complexity index is 1300. The molecule has 11 heteroatoms. The molecule has 0 aliphatic carbocycles. The van der Waals surface area contributed by atoms with E-state index in [-0.39, 0.29) is 11.8 Å². The van der Waals surface area contributed by atoms with Gasteiger partial charge in [0.2, 0.25) is 6.93 Å². The number of aliphatic hydroxyl groups excluding tert-OH is 1. The van der Waals surface area contributed by atoms with E-state index in [1.165, 1.54) is 12.7 Å². The number of alkyl halides is 2. The fourth-order valence-corrected chi connectivity index (χ4v) is 6.21. The van der Waals surface area contributed by atoms with Crippen LogP contribution < -0.4 is 4.90 Å². The maximum atomic E-state index is 12.9. The van der Waals surface area contributed by atoms with Crippen LogP contribution in [0.4, 0.5) is 14.5 Å². The summed E-state index contributed by atoms with van der Waals surface area (Å²) in [6.07, 6.45) is 5.80. The second-order valence-electron chi connectivity index (χ2n) is 11.2. The van der Waals surface area contributed by atoms with E-state index in [9.17, 15) is 23.5 Å². The summed E-state index contributed by atoms with van der Waals surface area (Å²) >= 11 is 6.56. The van der Waals surface area contributed by atoms with E-state index < -0.39 is 13.0 Å². The molecule has 2 aromatic carbocycles. The molecule has 2 amide bonds. The Morgan fingerprint density at radius 3 is 2.23 bits per heavy atom. The van der Waals surface area contributed by atoms with Crippen LogP contribution in [0.15, 0.2) is 65.4 Å². The van der Waals surface area contributed by atoms with E-state index in [2.05, 4.69) is 10.1 Å². The molecule has 0 saturated carbocycles. The van der Waals surface area contributed by atoms with Crippen LogP contribution in [-0.2, 0) is 11.3 Å². The lowest BCUT2D eigenvalue weighted by molar-refractivity contribution is -0.142. The third-order valence-electron chi connectivity index (χ3n) is 8.34. The first-order chi connectivity index (χ1) is 20.8. The molecular formula is C32H39ClF2N4O4. The number of anilines is 1. The van der Waals surface area contributed by atoms with Crippen LogP contribution in [0.2, 0.25) is 5.02 Å². The van der Waals surface area contributed by atoms with Gasteiger partial charge in [-0.2, -0.15) is 0 Å². The normalized spacial score (nSPS) is 16.8. The van der Waals surface area contributed by atoms with Crippen molar-refractivity contribution in [2.45, 2.75) is 44.8 Å². The number of carbonyl (C=O) groups excluding carboxylic acids is 2. The lowest BCUT2D eigenvalue weighted by Crippen LogP contribution is -2.42. The van der Waals surface area contributed by atoms with Crippen molar-refractivity contribution in [2.24, 2.45) is 11.8 Å². The molecule has 43 heavy (non-hydrogen) atoms. The summed E-state index contributed by atoms with van der Waals surface area (Å²) in [4.78, 5) is 31.4. The van der Waals surface area contributed by atoms with Gasteiger partial charge in [0.05, 0.1) is 17.1 Å². The average molecular weight is 617 g/mol. The van der Waals surface area contributed by atoms with Gasteiger partial charge in [-0.15, -0.1) is 0 Å². The summed E-state index contributed by atoms with van der Waals surface area (Å²) in [5, 5.41) is 14.8. The molecule has 3 heterocycles. The topological polar surface area (TPSA) is 90.1 Å². The van der Waals surface area contributed by atoms with E-state index in [0.29, 0.717) is 53.3 Å². The molecule has 0 spiro atoms. The number of hydrogen-bond acceptors (Lipinski definition) is 6. The smallest absolute Gasteiger partial charge is 0.256 e. The molecule has 2 aliphatic heterocycles. The highest BCUT2D eigenvalue weighted by molar-refractivity contribution is 6.34. The molecule has 5 rings (SSSR count). The van der Waals surface area contributed by atoms with Gasteiger partial charge in [0.25, 0.3) is 11.8 Å². The Labute approximate surface area is 256 Å². The minimum absolute atomic E-state index is 0.152. The summed E-state index contributed by atoms with van der Waals surface area (Å²) in [6, 6.07) is 16.6. The Morgan fingerprint density at radius 2 is 1.65 bits per heavy atom. The van der Waals surface area contributed by atoms with Crippen LogP contribution in [0.1, 0.15) is 59.8 Å². The van der Waals surface area contributed by atoms with Gasteiger partial charge in [-0.05, 0) is 67.7 Å². The Morgan fingerprint density at radius 1 is 1.02 bits per heavy atom. The maximum Gasteiger partial charge on any atom is 0.256 e. The second-order valence-corrected chi connectivity index (χ2v) is 11.6. The van der Waals surface area contributed by atoms with Crippen molar-refractivity contribution in [1.29, 1.82) is 0 Å². The van der Waals surface area contributed by atoms with Gasteiger partial charge in [0.1, 0.15) is 12.0 Å². The van der Waals surface area contributed by atoms with Crippen molar-refractivity contribution in [3.8, 4) is 0 Å². The molecule has 8 nitrogen and oxygen atoms in total. The van der Waals surface area contributed by atoms with Gasteiger partial charge in [-0.25, -0.2) is 8.78 Å². The number of likely N-dealkylation sites (tertiary alicyclic amines) is 1. The van der Waals surface area contributed by atoms with Crippen molar-refractivity contribution in [3.05, 3.63) is 82.7 Å². The second kappa shape index (κ2) is 15.8. The minimum atomic E-state index is -1.75. The number of aliphatic hydroxyl groups is 1. The van der Waals surface area contributed by atoms with Crippen molar-refractivity contribution in [1.82, 2.24) is 15.0 Å². The lowest BCUT2D eigenvalue weighted by atomic mass is 9.82. The summed E-state index contributed by atoms with van der Waals surface area (Å²) in [5.74, 6) is 0.940. The molecule has 2 aliphatic rings. The molecule has 2 fully saturated rings. The summed E-state index contributed by atoms with van der Waals surface area (Å²) in [7, 11) is 1.72. The minimum Gasteiger partial charge on any atom is -0.378 e. The molecular weight excluding hydrogens is 578 g/mol. The fourth-order valence-electron chi connectivity index (χ4n) is 5.95. The highest BCUT2D eigenvalue weighted by Crippen LogP contribution is 2.33. The van der Waals surface area contributed by atoms with E-state index in [4.69, 9.17) is 16.1 Å². The number of rotatable bonds is 8. The Balaban J connectivity index is 0.00000135. The van der Waals surface area contributed by atoms with Gasteiger partial charge in [-0.3, -0.25) is 9.59 Å². The predicted octanol–water partition coefficient (Wildman–Crippen LogP) is 6.06. The number of hydrogen-bond donors (Lipinski definition) is 1. The Kier molecular flexibility index (Phi) is 11.9. The molecule has 2 saturated heterocycles. The first-order valence-electron chi connectivity index (χ1n) is 14.6. The molecule has 0 radical (unpaired) electrons. The number of carbonyl (C=O) groups is 2. The van der Waals surface area contributed by atoms with Crippen LogP contribution in [0.3, 0.4) is 0 Å². The van der Waals surface area contributed by atoms with Gasteiger partial charge < -0.3 is 24.3 Å². The average Bonchev–Trinajstić information content (AvgIpc) is 3.54. The fraction of sp³-hybridized carbons (Fsp3) is 0.469. The molecule has 1 unspecified atom stereocenters. The number of aromatic nitrogens is 1. The van der Waals surface area contributed by atoms with Gasteiger partial charge in [0.15, 0.2) is 6.10 Å². The van der Waals surface area contributed by atoms with Crippen LogP contribution >= 0.6 is 11.6 Å². The third kappa shape index (κ3) is 8.76. The molecule has 1 aromatic heterocycles. The van der Waals surface area contributed by atoms with Crippen molar-refractivity contribution in [2.75, 3.05) is 45.1 Å². The predicted molar refractivity (Wildman–Crippen MR) is 161 cm³/mol. The maximum absolute atomic E-state index is 12.9. The summed E-state index contributed by atoms with van der Waals surface area (Å²) < 4.78 is 24.1. The number of amides is 2. The monoisotopic (exact) mass is 616 g/mol. The van der Waals surface area contributed by atoms with E-state index in [1.807, 2.05) is 41.3 Å². The van der Waals surface area contributed by atoms with E-state index >= 15 is 0 Å². The van der Waals surface area contributed by atoms with Gasteiger partial charge in [-0.1, -0.05) is 47.1 Å². The highest BCUT2D eigenvalue weighted by atomic mass is 35.5. The standard InChI is InChI=1S/C31H37ClN4O4.CH2F2/c1-34(21-25-13-18-40-33-25)30(38)27-8-7-26(20-28(27)32)35-14-9-22(10-15-35)19-23-11-16-36(17-12-23)31(39)29(37)24-5-3-2-4-6-24;2-1-3/h2-8,13,18,20,22-23,29,37H,9-12,14-17,19,21H2,1H3;1H2. The van der Waals surface area contributed by atoms with Crippen molar-refractivity contribution in [3.63, 3.8) is 0 Å². The molecule has 1 atom stereocenters. The Hall–Kier alpha value is -3.50. The van der Waals surface area contributed by atoms with Crippen LogP contribution in [0.5, 0.6) is 0 Å². The zero-order chi connectivity index (χ0) is 30.8. The van der Waals surface area contributed by atoms with Crippen molar-refractivity contribution < 1.29 is 28.0 Å². The molecule has 0 bridgehead atoms. The molecule has 3 aromatic rings. The zero-order valence-electron chi connectivity index (χ0n) is 24.4. The zero-order valence-corrected chi connectivity index (χ0v) is 25.1. The highest BCUT2D eigenvalue weighted by Gasteiger charge is 2.30. The third-order valence-corrected chi connectivity index (χ3v) is 8.65. The lowest BCUT2D eigenvalue weighted by Gasteiger charge is -2.38. The van der Waals surface area contributed by atoms with Gasteiger partial charge >= 0.3 is 0 Å². The van der Waals surface area contributed by atoms with E-state index in [0.717, 1.165) is 44.5 Å². The number of halogens is 3. The molecule has 232 valence electrons. The van der Waals surface area contributed by atoms with Crippen LogP contribution in [-0.4, -0.2) is 72.0 Å². The summed E-state index contributed by atoms with van der Waals surface area (Å²) in [6.45, 7) is 1.95. The first kappa shape index (κ1) is 32.4. The quantitative estimate of drug-likeness (QED) is 0.331. The number of benzene rings is 2. The first-order valence-corrected chi connectivity index (χ1v) is 15.0. The largest absolute Gasteiger partial charge is 0.378 e. The van der Waals surface area contributed by atoms with Gasteiger partial charge in [0, 0.05) is 45.0 Å². The SMILES string of the molecule is CN(Cc1ccon1)C(=O)c1ccc(N2CCC(CC3CCN(C(=O)C(O)c4ccccc4)CC3)CC2)cc1Cl.FCF. The van der Waals surface area contributed by atoms with Crippen LogP contribution in [0, 0.1) is 11.8 Å². The number of piperidine rings is 2. The van der Waals surface area contributed by atoms with Crippen LogP contribution in [0.25, 0.3) is 0 Å². The summed E-state index contributed by atoms with van der Waals surface area (Å²) in [5.41, 5.74) is 2.86. The van der Waals surface area contributed by atoms with Crippen molar-refractivity contribution >= 4 is 29.1 Å². The van der Waals surface area contributed by atoms with E-state index in [1.54, 1.807) is 30.1 Å². The number of nitrogens with zero attached hydrogens (tertiary/aromatic N) is 4. The molecule has 1 N–H and O–H groups in total.